The molecule has 0 bridgehead atoms. The quantitative estimate of drug-likeness (QED) is 0.371. The van der Waals surface area contributed by atoms with Crippen molar-refractivity contribution in [2.24, 2.45) is 5.16 Å². The van der Waals surface area contributed by atoms with Crippen LogP contribution in [0.3, 0.4) is 0 Å². The molecule has 3 heteroatoms. The Morgan fingerprint density at radius 3 is 2.60 bits per heavy atom. The SMILES string of the molecule is CCOC(C)(C)CC=NO. The van der Waals surface area contributed by atoms with Crippen molar-refractivity contribution in [3.63, 3.8) is 0 Å². The molecule has 0 radical (unpaired) electrons. The Labute approximate surface area is 61.7 Å². The maximum absolute atomic E-state index is 8.11. The minimum absolute atomic E-state index is 0.207. The van der Waals surface area contributed by atoms with Crippen LogP contribution in [0.25, 0.3) is 0 Å². The molecular weight excluding hydrogens is 130 g/mol. The highest BCUT2D eigenvalue weighted by atomic mass is 16.5. The van der Waals surface area contributed by atoms with Gasteiger partial charge in [0, 0.05) is 19.2 Å². The second-order valence-electron chi connectivity index (χ2n) is 2.69. The number of hydrogen-bond acceptors (Lipinski definition) is 3. The van der Waals surface area contributed by atoms with Crippen molar-refractivity contribution in [2.75, 3.05) is 6.61 Å². The summed E-state index contributed by atoms with van der Waals surface area (Å²) in [5, 5.41) is 11.0. The third-order valence-corrected chi connectivity index (χ3v) is 1.20. The van der Waals surface area contributed by atoms with Crippen molar-refractivity contribution in [3.05, 3.63) is 0 Å². The predicted octanol–water partition coefficient (Wildman–Crippen LogP) is 1.65. The lowest BCUT2D eigenvalue weighted by Crippen LogP contribution is -2.24. The normalized spacial score (nSPS) is 12.7. The fourth-order valence-electron chi connectivity index (χ4n) is 0.710. The molecule has 1 N–H and O–H groups in total. The molecule has 0 aromatic carbocycles. The van der Waals surface area contributed by atoms with Gasteiger partial charge in [0.05, 0.1) is 5.60 Å². The Hall–Kier alpha value is -0.570. The van der Waals surface area contributed by atoms with E-state index in [4.69, 9.17) is 9.94 Å². The zero-order valence-electron chi connectivity index (χ0n) is 6.79. The Morgan fingerprint density at radius 2 is 2.20 bits per heavy atom. The fourth-order valence-corrected chi connectivity index (χ4v) is 0.710. The number of rotatable bonds is 4. The Balaban J connectivity index is 3.62. The molecule has 0 aromatic rings. The van der Waals surface area contributed by atoms with Gasteiger partial charge in [-0.3, -0.25) is 0 Å². The van der Waals surface area contributed by atoms with E-state index in [0.717, 1.165) is 0 Å². The summed E-state index contributed by atoms with van der Waals surface area (Å²) in [6.45, 7) is 6.54. The minimum Gasteiger partial charge on any atom is -0.411 e. The first-order valence-corrected chi connectivity index (χ1v) is 3.42. The second kappa shape index (κ2) is 4.28. The highest BCUT2D eigenvalue weighted by Gasteiger charge is 2.15. The van der Waals surface area contributed by atoms with Gasteiger partial charge in [0.1, 0.15) is 0 Å². The average molecular weight is 145 g/mol. The van der Waals surface area contributed by atoms with E-state index < -0.39 is 0 Å². The van der Waals surface area contributed by atoms with Crippen molar-refractivity contribution < 1.29 is 9.94 Å². The molecule has 60 valence electrons. The van der Waals surface area contributed by atoms with Gasteiger partial charge in [0.2, 0.25) is 0 Å². The Morgan fingerprint density at radius 1 is 1.60 bits per heavy atom. The lowest BCUT2D eigenvalue weighted by molar-refractivity contribution is -0.00360. The largest absolute Gasteiger partial charge is 0.411 e. The van der Waals surface area contributed by atoms with Crippen LogP contribution >= 0.6 is 0 Å². The van der Waals surface area contributed by atoms with E-state index in [1.165, 1.54) is 6.21 Å². The lowest BCUT2D eigenvalue weighted by Gasteiger charge is -2.21. The summed E-state index contributed by atoms with van der Waals surface area (Å²) in [4.78, 5) is 0. The monoisotopic (exact) mass is 145 g/mol. The first-order chi connectivity index (χ1) is 4.62. The van der Waals surface area contributed by atoms with E-state index in [-0.39, 0.29) is 5.60 Å². The zero-order chi connectivity index (χ0) is 8.04. The van der Waals surface area contributed by atoms with Gasteiger partial charge in [0.25, 0.3) is 0 Å². The molecule has 0 unspecified atom stereocenters. The molecule has 0 aromatic heterocycles. The third kappa shape index (κ3) is 4.32. The van der Waals surface area contributed by atoms with Crippen LogP contribution in [-0.2, 0) is 4.74 Å². The van der Waals surface area contributed by atoms with E-state index in [0.29, 0.717) is 13.0 Å². The van der Waals surface area contributed by atoms with Crippen molar-refractivity contribution in [2.45, 2.75) is 32.8 Å². The molecule has 0 spiro atoms. The van der Waals surface area contributed by atoms with Crippen molar-refractivity contribution >= 4 is 6.21 Å². The van der Waals surface area contributed by atoms with E-state index in [1.807, 2.05) is 20.8 Å². The standard InChI is InChI=1S/C7H15NO2/c1-4-10-7(2,3)5-6-8-9/h6,9H,4-5H2,1-3H3. The number of nitrogens with zero attached hydrogens (tertiary/aromatic N) is 1. The number of hydrogen-bond donors (Lipinski definition) is 1. The van der Waals surface area contributed by atoms with Crippen LogP contribution in [0.15, 0.2) is 5.16 Å². The van der Waals surface area contributed by atoms with E-state index in [1.54, 1.807) is 0 Å². The summed E-state index contributed by atoms with van der Waals surface area (Å²) >= 11 is 0. The van der Waals surface area contributed by atoms with Crippen LogP contribution in [0.5, 0.6) is 0 Å². The third-order valence-electron chi connectivity index (χ3n) is 1.20. The second-order valence-corrected chi connectivity index (χ2v) is 2.69. The van der Waals surface area contributed by atoms with Crippen molar-refractivity contribution in [3.8, 4) is 0 Å². The molecule has 0 heterocycles. The molecular formula is C7H15NO2. The summed E-state index contributed by atoms with van der Waals surface area (Å²) in [5.74, 6) is 0. The molecule has 0 rings (SSSR count). The maximum atomic E-state index is 8.11. The predicted molar refractivity (Wildman–Crippen MR) is 40.6 cm³/mol. The Bertz CT molecular complexity index is 110. The molecule has 0 saturated carbocycles. The van der Waals surface area contributed by atoms with Gasteiger partial charge in [-0.1, -0.05) is 0 Å². The summed E-state index contributed by atoms with van der Waals surface area (Å²) in [7, 11) is 0. The summed E-state index contributed by atoms with van der Waals surface area (Å²) in [6.07, 6.45) is 2.08. The molecule has 0 aliphatic carbocycles. The van der Waals surface area contributed by atoms with Crippen LogP contribution in [0.2, 0.25) is 0 Å². The molecule has 0 aliphatic heterocycles. The van der Waals surface area contributed by atoms with Gasteiger partial charge in [-0.2, -0.15) is 0 Å². The zero-order valence-corrected chi connectivity index (χ0v) is 6.79. The minimum atomic E-state index is -0.207. The van der Waals surface area contributed by atoms with Gasteiger partial charge in [-0.05, 0) is 20.8 Å². The van der Waals surface area contributed by atoms with Gasteiger partial charge in [0.15, 0.2) is 0 Å². The molecule has 0 saturated heterocycles. The Kier molecular flexibility index (Phi) is 4.03. The van der Waals surface area contributed by atoms with E-state index in [2.05, 4.69) is 5.16 Å². The van der Waals surface area contributed by atoms with Crippen LogP contribution in [0.1, 0.15) is 27.2 Å². The van der Waals surface area contributed by atoms with Crippen LogP contribution in [-0.4, -0.2) is 23.6 Å². The molecule has 0 aliphatic rings. The van der Waals surface area contributed by atoms with Crippen molar-refractivity contribution in [1.82, 2.24) is 0 Å². The van der Waals surface area contributed by atoms with Gasteiger partial charge in [-0.15, -0.1) is 5.16 Å². The highest BCUT2D eigenvalue weighted by molar-refractivity contribution is 5.57. The van der Waals surface area contributed by atoms with E-state index >= 15 is 0 Å². The molecule has 3 nitrogen and oxygen atoms in total. The van der Waals surface area contributed by atoms with Crippen molar-refractivity contribution in [1.29, 1.82) is 0 Å². The molecule has 0 fully saturated rings. The van der Waals surface area contributed by atoms with E-state index in [9.17, 15) is 0 Å². The average Bonchev–Trinajstić information content (AvgIpc) is 1.84. The molecule has 0 amide bonds. The number of ether oxygens (including phenoxy) is 1. The summed E-state index contributed by atoms with van der Waals surface area (Å²) in [5.41, 5.74) is -0.207. The van der Waals surface area contributed by atoms with Crippen LogP contribution in [0.4, 0.5) is 0 Å². The maximum Gasteiger partial charge on any atom is 0.0676 e. The van der Waals surface area contributed by atoms with Gasteiger partial charge >= 0.3 is 0 Å². The summed E-state index contributed by atoms with van der Waals surface area (Å²) in [6, 6.07) is 0. The molecule has 0 atom stereocenters. The highest BCUT2D eigenvalue weighted by Crippen LogP contribution is 2.11. The molecule has 10 heavy (non-hydrogen) atoms. The fraction of sp³-hybridized carbons (Fsp3) is 0.857. The first kappa shape index (κ1) is 9.43. The summed E-state index contributed by atoms with van der Waals surface area (Å²) < 4.78 is 5.33. The van der Waals surface area contributed by atoms with Gasteiger partial charge in [-0.25, -0.2) is 0 Å². The first-order valence-electron chi connectivity index (χ1n) is 3.42. The topological polar surface area (TPSA) is 41.8 Å². The van der Waals surface area contributed by atoms with Crippen LogP contribution in [0, 0.1) is 0 Å². The lowest BCUT2D eigenvalue weighted by atomic mass is 10.1. The number of oxime groups is 1. The van der Waals surface area contributed by atoms with Crippen LogP contribution < -0.4 is 0 Å². The van der Waals surface area contributed by atoms with Gasteiger partial charge < -0.3 is 9.94 Å². The smallest absolute Gasteiger partial charge is 0.0676 e.